The van der Waals surface area contributed by atoms with E-state index in [0.717, 1.165) is 10.7 Å². The van der Waals surface area contributed by atoms with Crippen molar-refractivity contribution in [3.8, 4) is 0 Å². The van der Waals surface area contributed by atoms with E-state index in [1.54, 1.807) is 18.0 Å². The van der Waals surface area contributed by atoms with Crippen LogP contribution in [-0.4, -0.2) is 12.0 Å². The van der Waals surface area contributed by atoms with Crippen molar-refractivity contribution >= 4 is 18.0 Å². The van der Waals surface area contributed by atoms with Crippen LogP contribution in [-0.2, 0) is 0 Å². The molecule has 0 aliphatic carbocycles. The van der Waals surface area contributed by atoms with Gasteiger partial charge in [0.25, 0.3) is 0 Å². The fourth-order valence-electron chi connectivity index (χ4n) is 0.359. The predicted octanol–water partition coefficient (Wildman–Crippen LogP) is 2.47. The number of aliphatic imine (C=N–C) groups is 1. The van der Waals surface area contributed by atoms with Gasteiger partial charge in [-0.2, -0.15) is 0 Å². The van der Waals surface area contributed by atoms with Crippen molar-refractivity contribution in [2.75, 3.05) is 5.75 Å². The molecule has 0 spiro atoms. The Morgan fingerprint density at radius 2 is 2.44 bits per heavy atom. The molecule has 0 heterocycles. The first-order chi connectivity index (χ1) is 4.31. The van der Waals surface area contributed by atoms with Crippen LogP contribution >= 0.6 is 11.8 Å². The summed E-state index contributed by atoms with van der Waals surface area (Å²) in [7, 11) is 0. The third-order valence-electron chi connectivity index (χ3n) is 0.654. The van der Waals surface area contributed by atoms with Crippen LogP contribution in [0.4, 0.5) is 0 Å². The lowest BCUT2D eigenvalue weighted by atomic mass is 10.7. The van der Waals surface area contributed by atoms with Crippen LogP contribution in [0.25, 0.3) is 0 Å². The Labute approximate surface area is 60.6 Å². The summed E-state index contributed by atoms with van der Waals surface area (Å²) in [5.74, 6) is 1.04. The van der Waals surface area contributed by atoms with Gasteiger partial charge in [0.2, 0.25) is 0 Å². The van der Waals surface area contributed by atoms with Crippen LogP contribution in [0.1, 0.15) is 6.92 Å². The molecular formula is C7H11NS. The Morgan fingerprint density at radius 1 is 1.78 bits per heavy atom. The molecule has 0 unspecified atom stereocenters. The lowest BCUT2D eigenvalue weighted by Crippen LogP contribution is -1.74. The fourth-order valence-corrected chi connectivity index (χ4v) is 0.865. The summed E-state index contributed by atoms with van der Waals surface area (Å²) < 4.78 is 0. The fraction of sp³-hybridized carbons (Fsp3) is 0.286. The predicted molar refractivity (Wildman–Crippen MR) is 46.0 cm³/mol. The summed E-state index contributed by atoms with van der Waals surface area (Å²) in [5.41, 5.74) is 0. The second-order valence-electron chi connectivity index (χ2n) is 1.36. The van der Waals surface area contributed by atoms with Crippen molar-refractivity contribution in [3.63, 3.8) is 0 Å². The normalized spacial score (nSPS) is 9.89. The monoisotopic (exact) mass is 141 g/mol. The van der Waals surface area contributed by atoms with Crippen molar-refractivity contribution in [1.82, 2.24) is 0 Å². The molecule has 0 saturated heterocycles. The first kappa shape index (κ1) is 8.50. The van der Waals surface area contributed by atoms with Gasteiger partial charge in [0.05, 0.1) is 0 Å². The summed E-state index contributed by atoms with van der Waals surface area (Å²) >= 11 is 1.68. The highest BCUT2D eigenvalue weighted by Gasteiger charge is 1.83. The molecule has 1 nitrogen and oxygen atoms in total. The molecule has 0 N–H and O–H groups in total. The SMILES string of the molecule is C=CN=CC(=C)SCC. The Balaban J connectivity index is 3.49. The Kier molecular flexibility index (Phi) is 5.32. The third-order valence-corrected chi connectivity index (χ3v) is 1.42. The van der Waals surface area contributed by atoms with Crippen LogP contribution in [0.15, 0.2) is 29.3 Å². The molecule has 0 saturated carbocycles. The summed E-state index contributed by atoms with van der Waals surface area (Å²) in [4.78, 5) is 4.79. The van der Waals surface area contributed by atoms with Gasteiger partial charge in [0, 0.05) is 17.3 Å². The molecule has 0 atom stereocenters. The molecule has 0 aromatic carbocycles. The van der Waals surface area contributed by atoms with Crippen molar-refractivity contribution in [3.05, 3.63) is 24.3 Å². The van der Waals surface area contributed by atoms with Gasteiger partial charge in [0.15, 0.2) is 0 Å². The van der Waals surface area contributed by atoms with Crippen LogP contribution in [0.5, 0.6) is 0 Å². The van der Waals surface area contributed by atoms with Crippen molar-refractivity contribution < 1.29 is 0 Å². The topological polar surface area (TPSA) is 12.4 Å². The van der Waals surface area contributed by atoms with Gasteiger partial charge >= 0.3 is 0 Å². The maximum atomic E-state index is 3.81. The van der Waals surface area contributed by atoms with Gasteiger partial charge in [-0.05, 0) is 5.75 Å². The Bertz CT molecular complexity index is 127. The summed E-state index contributed by atoms with van der Waals surface area (Å²) in [6, 6.07) is 0. The van der Waals surface area contributed by atoms with Gasteiger partial charge in [-0.25, -0.2) is 0 Å². The minimum absolute atomic E-state index is 0.984. The smallest absolute Gasteiger partial charge is 0.0397 e. The second-order valence-corrected chi connectivity index (χ2v) is 2.75. The largest absolute Gasteiger partial charge is 0.264 e. The molecule has 0 aliphatic rings. The van der Waals surface area contributed by atoms with Gasteiger partial charge in [-0.3, -0.25) is 4.99 Å². The van der Waals surface area contributed by atoms with E-state index in [1.165, 1.54) is 6.20 Å². The number of nitrogens with zero attached hydrogens (tertiary/aromatic N) is 1. The lowest BCUT2D eigenvalue weighted by molar-refractivity contribution is 1.53. The number of rotatable bonds is 4. The summed E-state index contributed by atoms with van der Waals surface area (Å²) in [6.07, 6.45) is 3.21. The van der Waals surface area contributed by atoms with Crippen molar-refractivity contribution in [2.24, 2.45) is 4.99 Å². The van der Waals surface area contributed by atoms with E-state index in [2.05, 4.69) is 25.1 Å². The van der Waals surface area contributed by atoms with Gasteiger partial charge in [-0.1, -0.05) is 20.1 Å². The Morgan fingerprint density at radius 3 is 2.89 bits per heavy atom. The van der Waals surface area contributed by atoms with Crippen molar-refractivity contribution in [2.45, 2.75) is 6.92 Å². The molecule has 0 bridgehead atoms. The molecule has 0 amide bonds. The van der Waals surface area contributed by atoms with E-state index < -0.39 is 0 Å². The van der Waals surface area contributed by atoms with E-state index >= 15 is 0 Å². The molecular weight excluding hydrogens is 130 g/mol. The molecule has 0 radical (unpaired) electrons. The van der Waals surface area contributed by atoms with Crippen LogP contribution in [0, 0.1) is 0 Å². The number of allylic oxidation sites excluding steroid dienone is 1. The van der Waals surface area contributed by atoms with Crippen LogP contribution in [0.3, 0.4) is 0 Å². The highest BCUT2D eigenvalue weighted by molar-refractivity contribution is 8.03. The molecule has 0 aromatic rings. The van der Waals surface area contributed by atoms with Crippen LogP contribution < -0.4 is 0 Å². The minimum atomic E-state index is 0.984. The molecule has 2 heteroatoms. The number of hydrogen-bond donors (Lipinski definition) is 0. The molecule has 0 aromatic heterocycles. The van der Waals surface area contributed by atoms with E-state index in [9.17, 15) is 0 Å². The summed E-state index contributed by atoms with van der Waals surface area (Å²) in [5, 5.41) is 0. The van der Waals surface area contributed by atoms with E-state index in [4.69, 9.17) is 0 Å². The zero-order chi connectivity index (χ0) is 7.11. The number of hydrogen-bond acceptors (Lipinski definition) is 2. The third kappa shape index (κ3) is 5.37. The number of thioether (sulfide) groups is 1. The van der Waals surface area contributed by atoms with Gasteiger partial charge in [0.1, 0.15) is 0 Å². The van der Waals surface area contributed by atoms with E-state index in [0.29, 0.717) is 0 Å². The molecule has 0 fully saturated rings. The highest BCUT2D eigenvalue weighted by atomic mass is 32.2. The first-order valence-electron chi connectivity index (χ1n) is 2.77. The average molecular weight is 141 g/mol. The molecule has 50 valence electrons. The van der Waals surface area contributed by atoms with Crippen molar-refractivity contribution in [1.29, 1.82) is 0 Å². The maximum Gasteiger partial charge on any atom is 0.0397 e. The molecule has 0 rings (SSSR count). The average Bonchev–Trinajstić information content (AvgIpc) is 1.85. The Hall–Kier alpha value is -0.500. The maximum absolute atomic E-state index is 3.81. The molecule has 9 heavy (non-hydrogen) atoms. The standard InChI is InChI=1S/C7H11NS/c1-4-8-6-7(3)9-5-2/h4,6H,1,3,5H2,2H3. The first-order valence-corrected chi connectivity index (χ1v) is 3.75. The lowest BCUT2D eigenvalue weighted by Gasteiger charge is -1.90. The van der Waals surface area contributed by atoms with E-state index in [-0.39, 0.29) is 0 Å². The zero-order valence-electron chi connectivity index (χ0n) is 5.63. The van der Waals surface area contributed by atoms with Gasteiger partial charge in [-0.15, -0.1) is 11.8 Å². The van der Waals surface area contributed by atoms with Gasteiger partial charge < -0.3 is 0 Å². The highest BCUT2D eigenvalue weighted by Crippen LogP contribution is 2.08. The molecule has 0 aliphatic heterocycles. The minimum Gasteiger partial charge on any atom is -0.264 e. The summed E-state index contributed by atoms with van der Waals surface area (Å²) in [6.45, 7) is 9.27. The van der Waals surface area contributed by atoms with E-state index in [1.807, 2.05) is 0 Å². The quantitative estimate of drug-likeness (QED) is 0.548. The van der Waals surface area contributed by atoms with Crippen LogP contribution in [0.2, 0.25) is 0 Å². The second kappa shape index (κ2) is 5.63. The zero-order valence-corrected chi connectivity index (χ0v) is 6.45.